The molecule has 0 amide bonds. The molecule has 0 aliphatic carbocycles. The van der Waals surface area contributed by atoms with Crippen molar-refractivity contribution in [3.05, 3.63) is 66.5 Å². The van der Waals surface area contributed by atoms with Crippen molar-refractivity contribution in [1.82, 2.24) is 9.97 Å². The maximum Gasteiger partial charge on any atom is 0.121 e. The summed E-state index contributed by atoms with van der Waals surface area (Å²) in [4.78, 5) is 5.74. The van der Waals surface area contributed by atoms with E-state index in [4.69, 9.17) is 5.41 Å². The zero-order valence-electron chi connectivity index (χ0n) is 9.35. The van der Waals surface area contributed by atoms with Crippen molar-refractivity contribution >= 4 is 10.8 Å². The largest absolute Gasteiger partial charge is 0.366 e. The molecule has 3 N–H and O–H groups in total. The molecule has 0 saturated carbocycles. The van der Waals surface area contributed by atoms with Gasteiger partial charge in [0.25, 0.3) is 0 Å². The van der Waals surface area contributed by atoms with E-state index in [1.54, 1.807) is 12.3 Å². The fourth-order valence-corrected chi connectivity index (χ4v) is 1.39. The van der Waals surface area contributed by atoms with Gasteiger partial charge in [0.05, 0.1) is 0 Å². The number of H-pyrrole nitrogens is 2. The minimum absolute atomic E-state index is 0. The maximum atomic E-state index is 6.94. The average molecular weight is 300 g/mol. The Bertz CT molecular complexity index is 565. The first kappa shape index (κ1) is 13.9. The molecule has 83 valence electrons. The van der Waals surface area contributed by atoms with Gasteiger partial charge < -0.3 is 9.97 Å². The van der Waals surface area contributed by atoms with Crippen molar-refractivity contribution in [1.29, 1.82) is 5.41 Å². The van der Waals surface area contributed by atoms with Gasteiger partial charge in [-0.25, -0.2) is 0 Å². The number of aromatic nitrogens is 2. The smallest absolute Gasteiger partial charge is 0.121 e. The van der Waals surface area contributed by atoms with Crippen LogP contribution < -0.4 is 5.49 Å². The number of pyridine rings is 1. The Kier molecular flexibility index (Phi) is 5.88. The van der Waals surface area contributed by atoms with Gasteiger partial charge >= 0.3 is 0 Å². The SMILES string of the molecule is N=c1cccc[nH]1.[Y].c1ccc2c[nH]cc2c1. The molecule has 0 unspecified atom stereocenters. The number of hydrogen-bond donors (Lipinski definition) is 3. The molecule has 0 saturated heterocycles. The van der Waals surface area contributed by atoms with E-state index in [0.29, 0.717) is 5.49 Å². The third kappa shape index (κ3) is 4.29. The van der Waals surface area contributed by atoms with Crippen LogP contribution in [0.3, 0.4) is 0 Å². The summed E-state index contributed by atoms with van der Waals surface area (Å²) in [6.45, 7) is 0. The minimum Gasteiger partial charge on any atom is -0.366 e. The molecule has 3 rings (SSSR count). The van der Waals surface area contributed by atoms with E-state index in [-0.39, 0.29) is 32.7 Å². The third-order valence-corrected chi connectivity index (χ3v) is 2.18. The van der Waals surface area contributed by atoms with Gasteiger partial charge in [-0.05, 0) is 22.9 Å². The normalized spacial score (nSPS) is 8.94. The second-order valence-corrected chi connectivity index (χ2v) is 3.36. The Labute approximate surface area is 125 Å². The molecular weight excluding hydrogens is 287 g/mol. The zero-order chi connectivity index (χ0) is 11.2. The van der Waals surface area contributed by atoms with Crippen LogP contribution in [0.15, 0.2) is 61.1 Å². The number of rotatable bonds is 0. The van der Waals surface area contributed by atoms with E-state index >= 15 is 0 Å². The zero-order valence-corrected chi connectivity index (χ0v) is 12.2. The first-order valence-electron chi connectivity index (χ1n) is 5.06. The summed E-state index contributed by atoms with van der Waals surface area (Å²) in [5, 5.41) is 9.49. The summed E-state index contributed by atoms with van der Waals surface area (Å²) in [5.74, 6) is 0. The van der Waals surface area contributed by atoms with E-state index in [2.05, 4.69) is 22.1 Å². The quantitative estimate of drug-likeness (QED) is 0.572. The summed E-state index contributed by atoms with van der Waals surface area (Å²) in [6.07, 6.45) is 5.72. The number of aromatic amines is 2. The number of hydrogen-bond acceptors (Lipinski definition) is 1. The monoisotopic (exact) mass is 300 g/mol. The number of nitrogens with one attached hydrogen (secondary N) is 3. The number of fused-ring (bicyclic) bond motifs is 1. The van der Waals surface area contributed by atoms with Crippen LogP contribution in [-0.2, 0) is 32.7 Å². The predicted octanol–water partition coefficient (Wildman–Crippen LogP) is 2.66. The molecule has 0 spiro atoms. The number of benzene rings is 1. The van der Waals surface area contributed by atoms with Crippen LogP contribution in [0, 0.1) is 5.41 Å². The molecular formula is C13H13N3Y. The van der Waals surface area contributed by atoms with Gasteiger partial charge in [0.2, 0.25) is 0 Å². The van der Waals surface area contributed by atoms with E-state index in [1.807, 2.05) is 36.7 Å². The first-order chi connectivity index (χ1) is 7.86. The maximum absolute atomic E-state index is 6.94. The van der Waals surface area contributed by atoms with Crippen molar-refractivity contribution in [3.63, 3.8) is 0 Å². The average Bonchev–Trinajstić information content (AvgIpc) is 2.79. The molecule has 0 bridgehead atoms. The summed E-state index contributed by atoms with van der Waals surface area (Å²) in [6, 6.07) is 13.6. The van der Waals surface area contributed by atoms with Crippen molar-refractivity contribution in [2.75, 3.05) is 0 Å². The van der Waals surface area contributed by atoms with E-state index in [0.717, 1.165) is 0 Å². The minimum atomic E-state index is 0. The second kappa shape index (κ2) is 7.20. The Morgan fingerprint density at radius 2 is 1.41 bits per heavy atom. The molecule has 1 aromatic carbocycles. The van der Waals surface area contributed by atoms with Gasteiger partial charge in [-0.3, -0.25) is 5.41 Å². The van der Waals surface area contributed by atoms with Gasteiger partial charge in [-0.15, -0.1) is 0 Å². The standard InChI is InChI=1S/C8H7N.C5H6N2.Y/c1-2-4-8-6-9-5-7(8)3-1;6-5-3-1-2-4-7-5;/h1-6,9H;1-4H,(H2,6,7);. The van der Waals surface area contributed by atoms with Crippen LogP contribution in [-0.4, -0.2) is 9.97 Å². The molecule has 0 fully saturated rings. The van der Waals surface area contributed by atoms with Gasteiger partial charge in [0, 0.05) is 51.3 Å². The van der Waals surface area contributed by atoms with E-state index in [1.165, 1.54) is 10.8 Å². The molecule has 2 aromatic heterocycles. The Balaban J connectivity index is 0.000000166. The van der Waals surface area contributed by atoms with Gasteiger partial charge in [-0.1, -0.05) is 30.3 Å². The Morgan fingerprint density at radius 3 is 1.82 bits per heavy atom. The van der Waals surface area contributed by atoms with Crippen molar-refractivity contribution in [2.45, 2.75) is 0 Å². The predicted molar refractivity (Wildman–Crippen MR) is 64.9 cm³/mol. The molecule has 1 radical (unpaired) electrons. The molecule has 0 atom stereocenters. The van der Waals surface area contributed by atoms with Crippen LogP contribution >= 0.6 is 0 Å². The first-order valence-corrected chi connectivity index (χ1v) is 5.06. The van der Waals surface area contributed by atoms with Crippen molar-refractivity contribution in [2.24, 2.45) is 0 Å². The van der Waals surface area contributed by atoms with Crippen LogP contribution in [0.25, 0.3) is 10.8 Å². The van der Waals surface area contributed by atoms with E-state index in [9.17, 15) is 0 Å². The summed E-state index contributed by atoms with van der Waals surface area (Å²) >= 11 is 0. The van der Waals surface area contributed by atoms with Crippen LogP contribution in [0.4, 0.5) is 0 Å². The molecule has 4 heteroatoms. The summed E-state index contributed by atoms with van der Waals surface area (Å²) in [5.41, 5.74) is 0.447. The summed E-state index contributed by atoms with van der Waals surface area (Å²) < 4.78 is 0. The molecule has 17 heavy (non-hydrogen) atoms. The fourth-order valence-electron chi connectivity index (χ4n) is 1.39. The van der Waals surface area contributed by atoms with Gasteiger partial charge in [0.1, 0.15) is 5.49 Å². The second-order valence-electron chi connectivity index (χ2n) is 3.36. The molecule has 2 heterocycles. The van der Waals surface area contributed by atoms with Crippen molar-refractivity contribution in [3.8, 4) is 0 Å². The Morgan fingerprint density at radius 1 is 0.824 bits per heavy atom. The molecule has 3 aromatic rings. The fraction of sp³-hybridized carbons (Fsp3) is 0. The van der Waals surface area contributed by atoms with Crippen LogP contribution in [0.1, 0.15) is 0 Å². The molecule has 3 nitrogen and oxygen atoms in total. The Hall–Kier alpha value is -1.19. The topological polar surface area (TPSA) is 55.4 Å². The van der Waals surface area contributed by atoms with Gasteiger partial charge in [0.15, 0.2) is 0 Å². The third-order valence-electron chi connectivity index (χ3n) is 2.18. The van der Waals surface area contributed by atoms with Crippen molar-refractivity contribution < 1.29 is 32.7 Å². The van der Waals surface area contributed by atoms with E-state index < -0.39 is 0 Å². The molecule has 0 aliphatic heterocycles. The van der Waals surface area contributed by atoms with Gasteiger partial charge in [-0.2, -0.15) is 0 Å². The van der Waals surface area contributed by atoms with Crippen LogP contribution in [0.2, 0.25) is 0 Å². The summed E-state index contributed by atoms with van der Waals surface area (Å²) in [7, 11) is 0. The van der Waals surface area contributed by atoms with Crippen LogP contribution in [0.5, 0.6) is 0 Å². The molecule has 0 aliphatic rings.